The molecule has 2 fully saturated rings. The van der Waals surface area contributed by atoms with Crippen molar-refractivity contribution in [2.24, 2.45) is 0 Å². The Bertz CT molecular complexity index is 859. The summed E-state index contributed by atoms with van der Waals surface area (Å²) < 4.78 is 6.86. The predicted octanol–water partition coefficient (Wildman–Crippen LogP) is 4.91. The summed E-state index contributed by atoms with van der Waals surface area (Å²) in [5, 5.41) is 7.95. The first-order chi connectivity index (χ1) is 13.7. The molecular formula is C22H28ClN3O2. The minimum absolute atomic E-state index is 0.189. The van der Waals surface area contributed by atoms with Crippen LogP contribution in [0.4, 0.5) is 5.69 Å². The summed E-state index contributed by atoms with van der Waals surface area (Å²) in [7, 11) is 1.75. The van der Waals surface area contributed by atoms with Crippen molar-refractivity contribution in [3.63, 3.8) is 0 Å². The normalized spacial score (nSPS) is 23.1. The van der Waals surface area contributed by atoms with Crippen LogP contribution in [0, 0.1) is 0 Å². The molecule has 4 rings (SSSR count). The van der Waals surface area contributed by atoms with Crippen LogP contribution in [0.1, 0.15) is 62.8 Å². The number of benzene rings is 1. The van der Waals surface area contributed by atoms with Crippen molar-refractivity contribution >= 4 is 17.3 Å². The van der Waals surface area contributed by atoms with Gasteiger partial charge in [0.1, 0.15) is 5.02 Å². The maximum atomic E-state index is 12.8. The lowest BCUT2D eigenvalue weighted by molar-refractivity contribution is 0.0669. The van der Waals surface area contributed by atoms with E-state index < -0.39 is 0 Å². The second-order valence-corrected chi connectivity index (χ2v) is 8.41. The average molecular weight is 402 g/mol. The van der Waals surface area contributed by atoms with Crippen molar-refractivity contribution in [3.8, 4) is 5.69 Å². The fourth-order valence-electron chi connectivity index (χ4n) is 4.57. The summed E-state index contributed by atoms with van der Waals surface area (Å²) in [6.45, 7) is 0. The number of aromatic nitrogens is 2. The van der Waals surface area contributed by atoms with Gasteiger partial charge in [0.05, 0.1) is 23.7 Å². The first kappa shape index (κ1) is 19.5. The van der Waals surface area contributed by atoms with Crippen molar-refractivity contribution in [2.75, 3.05) is 12.4 Å². The molecule has 2 unspecified atom stereocenters. The topological polar surface area (TPSA) is 56.1 Å². The molecule has 2 atom stereocenters. The molecule has 0 saturated heterocycles. The van der Waals surface area contributed by atoms with Gasteiger partial charge in [-0.25, -0.2) is 0 Å². The molecule has 0 spiro atoms. The van der Waals surface area contributed by atoms with E-state index in [1.165, 1.54) is 35.9 Å². The van der Waals surface area contributed by atoms with Crippen molar-refractivity contribution in [1.29, 1.82) is 0 Å². The van der Waals surface area contributed by atoms with E-state index in [-0.39, 0.29) is 22.7 Å². The van der Waals surface area contributed by atoms with Gasteiger partial charge in [-0.05, 0) is 62.1 Å². The molecule has 2 aromatic rings. The second kappa shape index (κ2) is 8.66. The predicted molar refractivity (Wildman–Crippen MR) is 113 cm³/mol. The molecule has 1 aromatic heterocycles. The SMILES string of the molecule is COC1CCCC(Nc2cnn(-c3ccc(C4CCCC4)cc3)c(=O)c2Cl)C1. The summed E-state index contributed by atoms with van der Waals surface area (Å²) in [4.78, 5) is 12.8. The highest BCUT2D eigenvalue weighted by atomic mass is 35.5. The first-order valence-electron chi connectivity index (χ1n) is 10.3. The molecule has 0 amide bonds. The van der Waals surface area contributed by atoms with Crippen LogP contribution in [0.2, 0.25) is 5.02 Å². The van der Waals surface area contributed by atoms with Gasteiger partial charge in [0.15, 0.2) is 0 Å². The molecule has 28 heavy (non-hydrogen) atoms. The zero-order valence-corrected chi connectivity index (χ0v) is 17.1. The number of anilines is 1. The molecule has 1 N–H and O–H groups in total. The number of hydrogen-bond acceptors (Lipinski definition) is 4. The largest absolute Gasteiger partial charge is 0.381 e. The lowest BCUT2D eigenvalue weighted by Gasteiger charge is -2.29. The molecule has 5 nitrogen and oxygen atoms in total. The standard InChI is InChI=1S/C22H28ClN3O2/c1-28-19-8-4-7-17(13-19)25-20-14-24-26(22(27)21(20)23)18-11-9-16(10-12-18)15-5-2-3-6-15/h9-12,14-15,17,19,25H,2-8,13H2,1H3. The lowest BCUT2D eigenvalue weighted by Crippen LogP contribution is -2.32. The number of nitrogens with zero attached hydrogens (tertiary/aromatic N) is 2. The summed E-state index contributed by atoms with van der Waals surface area (Å²) in [6.07, 6.45) is 11.2. The molecule has 150 valence electrons. The minimum Gasteiger partial charge on any atom is -0.381 e. The minimum atomic E-state index is -0.292. The molecule has 2 aliphatic carbocycles. The smallest absolute Gasteiger partial charge is 0.292 e. The Labute approximate surface area is 171 Å². The Balaban J connectivity index is 1.51. The van der Waals surface area contributed by atoms with Gasteiger partial charge >= 0.3 is 0 Å². The van der Waals surface area contributed by atoms with Crippen molar-refractivity contribution in [2.45, 2.75) is 69.4 Å². The third-order valence-electron chi connectivity index (χ3n) is 6.20. The number of rotatable bonds is 5. The maximum Gasteiger partial charge on any atom is 0.292 e. The third kappa shape index (κ3) is 4.11. The molecule has 0 aliphatic heterocycles. The number of halogens is 1. The summed E-state index contributed by atoms with van der Waals surface area (Å²) in [5.74, 6) is 0.653. The molecule has 1 aromatic carbocycles. The molecule has 2 saturated carbocycles. The van der Waals surface area contributed by atoms with Crippen molar-refractivity contribution in [3.05, 3.63) is 51.4 Å². The Morgan fingerprint density at radius 3 is 2.57 bits per heavy atom. The van der Waals surface area contributed by atoms with Crippen molar-refractivity contribution in [1.82, 2.24) is 9.78 Å². The van der Waals surface area contributed by atoms with Gasteiger partial charge in [-0.3, -0.25) is 4.79 Å². The van der Waals surface area contributed by atoms with Crippen molar-refractivity contribution < 1.29 is 4.74 Å². The Kier molecular flexibility index (Phi) is 6.02. The van der Waals surface area contributed by atoms with Crippen LogP contribution in [0.5, 0.6) is 0 Å². The van der Waals surface area contributed by atoms with Crippen LogP contribution >= 0.6 is 11.6 Å². The van der Waals surface area contributed by atoms with Gasteiger partial charge in [-0.15, -0.1) is 0 Å². The van der Waals surface area contributed by atoms with Crippen LogP contribution in [-0.4, -0.2) is 29.0 Å². The molecule has 6 heteroatoms. The van der Waals surface area contributed by atoms with Gasteiger partial charge < -0.3 is 10.1 Å². The van der Waals surface area contributed by atoms with E-state index in [0.717, 1.165) is 31.4 Å². The zero-order valence-electron chi connectivity index (χ0n) is 16.4. The van der Waals surface area contributed by atoms with Gasteiger partial charge in [0.2, 0.25) is 0 Å². The van der Waals surface area contributed by atoms with Gasteiger partial charge in [-0.2, -0.15) is 9.78 Å². The Morgan fingerprint density at radius 1 is 1.11 bits per heavy atom. The summed E-state index contributed by atoms with van der Waals surface area (Å²) in [5.41, 5.74) is 2.41. The third-order valence-corrected chi connectivity index (χ3v) is 6.57. The van der Waals surface area contributed by atoms with Gasteiger partial charge in [-0.1, -0.05) is 36.6 Å². The van der Waals surface area contributed by atoms with Crippen LogP contribution in [-0.2, 0) is 4.74 Å². The summed E-state index contributed by atoms with van der Waals surface area (Å²) in [6, 6.07) is 8.42. The Hall–Kier alpha value is -1.85. The van der Waals surface area contributed by atoms with E-state index >= 15 is 0 Å². The molecular weight excluding hydrogens is 374 g/mol. The maximum absolute atomic E-state index is 12.8. The number of ether oxygens (including phenoxy) is 1. The number of methoxy groups -OCH3 is 1. The van der Waals surface area contributed by atoms with Crippen LogP contribution in [0.25, 0.3) is 5.69 Å². The highest BCUT2D eigenvalue weighted by Crippen LogP contribution is 2.34. The number of hydrogen-bond donors (Lipinski definition) is 1. The van der Waals surface area contributed by atoms with Crippen LogP contribution < -0.4 is 10.9 Å². The summed E-state index contributed by atoms with van der Waals surface area (Å²) >= 11 is 6.41. The highest BCUT2D eigenvalue weighted by Gasteiger charge is 2.23. The fourth-order valence-corrected chi connectivity index (χ4v) is 4.76. The van der Waals surface area contributed by atoms with E-state index in [2.05, 4.69) is 22.5 Å². The van der Waals surface area contributed by atoms with Crippen LogP contribution in [0.15, 0.2) is 35.3 Å². The highest BCUT2D eigenvalue weighted by molar-refractivity contribution is 6.32. The second-order valence-electron chi connectivity index (χ2n) is 8.03. The monoisotopic (exact) mass is 401 g/mol. The van der Waals surface area contributed by atoms with E-state index in [1.54, 1.807) is 13.3 Å². The van der Waals surface area contributed by atoms with Gasteiger partial charge in [0, 0.05) is 13.2 Å². The van der Waals surface area contributed by atoms with Gasteiger partial charge in [0.25, 0.3) is 5.56 Å². The number of nitrogens with one attached hydrogen (secondary N) is 1. The van der Waals surface area contributed by atoms with E-state index in [9.17, 15) is 4.79 Å². The van der Waals surface area contributed by atoms with Crippen LogP contribution in [0.3, 0.4) is 0 Å². The average Bonchev–Trinajstić information content (AvgIpc) is 3.27. The first-order valence-corrected chi connectivity index (χ1v) is 10.7. The quantitative estimate of drug-likeness (QED) is 0.773. The molecule has 2 aliphatic rings. The fraction of sp³-hybridized carbons (Fsp3) is 0.545. The molecule has 1 heterocycles. The van der Waals surface area contributed by atoms with E-state index in [0.29, 0.717) is 11.6 Å². The zero-order chi connectivity index (χ0) is 19.5. The molecule has 0 radical (unpaired) electrons. The Morgan fingerprint density at radius 2 is 1.86 bits per heavy atom. The van der Waals surface area contributed by atoms with E-state index in [1.807, 2.05) is 12.1 Å². The molecule has 0 bridgehead atoms. The lowest BCUT2D eigenvalue weighted by atomic mass is 9.93. The van der Waals surface area contributed by atoms with E-state index in [4.69, 9.17) is 16.3 Å².